The minimum absolute atomic E-state index is 0.0434. The Labute approximate surface area is 189 Å². The van der Waals surface area contributed by atoms with Gasteiger partial charge in [-0.15, -0.1) is 0 Å². The normalized spacial score (nSPS) is 16.5. The van der Waals surface area contributed by atoms with Gasteiger partial charge in [0.05, 0.1) is 24.4 Å². The molecule has 12 heteroatoms. The molecule has 2 rings (SSSR count). The Morgan fingerprint density at radius 3 is 2.45 bits per heavy atom. The largest absolute Gasteiger partial charge is 0.418 e. The van der Waals surface area contributed by atoms with Crippen LogP contribution in [-0.4, -0.2) is 68.6 Å². The van der Waals surface area contributed by atoms with Crippen molar-refractivity contribution < 1.29 is 36.3 Å². The molecule has 0 spiro atoms. The Hall–Kier alpha value is -2.31. The number of nitrogens with one attached hydrogen (secondary N) is 1. The highest BCUT2D eigenvalue weighted by Crippen LogP contribution is 2.38. The topological polar surface area (TPSA) is 87.9 Å². The first-order chi connectivity index (χ1) is 15.2. The number of ether oxygens (including phenoxy) is 1. The van der Waals surface area contributed by atoms with Gasteiger partial charge in [0.1, 0.15) is 12.6 Å². The van der Waals surface area contributed by atoms with Crippen molar-refractivity contribution in [1.29, 1.82) is 0 Å². The van der Waals surface area contributed by atoms with Gasteiger partial charge in [-0.1, -0.05) is 20.8 Å². The number of nitrogens with two attached hydrogens (primary N) is 1. The zero-order valence-electron chi connectivity index (χ0n) is 18.7. The molecule has 186 valence electrons. The molecule has 0 aromatic heterocycles. The van der Waals surface area contributed by atoms with Crippen LogP contribution in [0.4, 0.5) is 33.3 Å². The average Bonchev–Trinajstić information content (AvgIpc) is 2.66. The van der Waals surface area contributed by atoms with Crippen molar-refractivity contribution in [3.8, 4) is 0 Å². The number of amides is 2. The monoisotopic (exact) mass is 480 g/mol. The summed E-state index contributed by atoms with van der Waals surface area (Å²) in [5.74, 6) is -1.41. The molecule has 0 unspecified atom stereocenters. The van der Waals surface area contributed by atoms with Crippen molar-refractivity contribution >= 4 is 23.2 Å². The maximum absolute atomic E-state index is 13.7. The predicted molar refractivity (Wildman–Crippen MR) is 113 cm³/mol. The van der Waals surface area contributed by atoms with E-state index in [0.29, 0.717) is 6.07 Å². The number of nitrogens with zero attached hydrogens (tertiary/aromatic N) is 2. The zero-order valence-corrected chi connectivity index (χ0v) is 18.7. The van der Waals surface area contributed by atoms with Crippen LogP contribution in [0.2, 0.25) is 0 Å². The van der Waals surface area contributed by atoms with E-state index in [1.54, 1.807) is 20.8 Å². The van der Waals surface area contributed by atoms with E-state index in [-0.39, 0.29) is 44.2 Å². The van der Waals surface area contributed by atoms with Crippen LogP contribution in [0, 0.1) is 5.41 Å². The molecule has 7 nitrogen and oxygen atoms in total. The van der Waals surface area contributed by atoms with Crippen molar-refractivity contribution in [2.75, 3.05) is 49.6 Å². The molecule has 2 amide bonds. The zero-order chi connectivity index (χ0) is 25.0. The number of carbonyl (C=O) groups excluding carboxylic acids is 2. The Morgan fingerprint density at radius 2 is 1.94 bits per heavy atom. The first-order valence-corrected chi connectivity index (χ1v) is 10.4. The Bertz CT molecular complexity index is 842. The van der Waals surface area contributed by atoms with Crippen LogP contribution in [0.1, 0.15) is 26.3 Å². The maximum atomic E-state index is 13.7. The Kier molecular flexibility index (Phi) is 8.77. The smallest absolute Gasteiger partial charge is 0.370 e. The summed E-state index contributed by atoms with van der Waals surface area (Å²) >= 11 is 0. The van der Waals surface area contributed by atoms with Crippen molar-refractivity contribution in [2.45, 2.75) is 39.4 Å². The highest BCUT2D eigenvalue weighted by molar-refractivity contribution is 5.98. The third-order valence-electron chi connectivity index (χ3n) is 4.86. The van der Waals surface area contributed by atoms with Gasteiger partial charge in [-0.2, -0.15) is 13.2 Å². The maximum Gasteiger partial charge on any atom is 0.418 e. The van der Waals surface area contributed by atoms with Gasteiger partial charge in [0.15, 0.2) is 0 Å². The van der Waals surface area contributed by atoms with Crippen LogP contribution >= 0.6 is 0 Å². The standard InChI is InChI=1S/C21H29F5N4O3/c1-20(2,3)12-29(10-17(22)23)16(9-27)19(32)28-13-4-5-15(14(8-13)21(24,25)26)30-6-7-33-11-18(30)31/h4-5,8,16-17H,6-7,9-12,27H2,1-3H3,(H,28,32)/t16-/m1/s1. The molecule has 0 radical (unpaired) electrons. The fraction of sp³-hybridized carbons (Fsp3) is 0.619. The highest BCUT2D eigenvalue weighted by Gasteiger charge is 2.37. The van der Waals surface area contributed by atoms with Crippen molar-refractivity contribution in [3.05, 3.63) is 23.8 Å². The quantitative estimate of drug-likeness (QED) is 0.559. The summed E-state index contributed by atoms with van der Waals surface area (Å²) < 4.78 is 72.4. The van der Waals surface area contributed by atoms with Crippen LogP contribution in [-0.2, 0) is 20.5 Å². The molecular weight excluding hydrogens is 451 g/mol. The van der Waals surface area contributed by atoms with E-state index >= 15 is 0 Å². The number of hydrogen-bond donors (Lipinski definition) is 2. The lowest BCUT2D eigenvalue weighted by Gasteiger charge is -2.34. The number of morpholine rings is 1. The molecule has 0 aliphatic carbocycles. The fourth-order valence-electron chi connectivity index (χ4n) is 3.58. The lowest BCUT2D eigenvalue weighted by Crippen LogP contribution is -2.52. The molecule has 1 aliphatic heterocycles. The third kappa shape index (κ3) is 7.61. The molecule has 1 fully saturated rings. The van der Waals surface area contributed by atoms with Crippen LogP contribution in [0.15, 0.2) is 18.2 Å². The molecular formula is C21H29F5N4O3. The van der Waals surface area contributed by atoms with Crippen molar-refractivity contribution in [1.82, 2.24) is 4.90 Å². The molecule has 1 aromatic carbocycles. The van der Waals surface area contributed by atoms with E-state index in [9.17, 15) is 31.5 Å². The van der Waals surface area contributed by atoms with Gasteiger partial charge in [-0.3, -0.25) is 14.5 Å². The van der Waals surface area contributed by atoms with E-state index < -0.39 is 48.0 Å². The van der Waals surface area contributed by atoms with Crippen molar-refractivity contribution in [3.63, 3.8) is 0 Å². The summed E-state index contributed by atoms with van der Waals surface area (Å²) in [5, 5.41) is 2.35. The molecule has 3 N–H and O–H groups in total. The number of halogens is 5. The van der Waals surface area contributed by atoms with Gasteiger partial charge in [-0.05, 0) is 23.6 Å². The first kappa shape index (κ1) is 26.9. The van der Waals surface area contributed by atoms with E-state index in [0.717, 1.165) is 11.0 Å². The number of alkyl halides is 5. The van der Waals surface area contributed by atoms with Crippen LogP contribution in [0.25, 0.3) is 0 Å². The molecule has 1 aromatic rings. The summed E-state index contributed by atoms with van der Waals surface area (Å²) in [6.45, 7) is 4.24. The summed E-state index contributed by atoms with van der Waals surface area (Å²) in [7, 11) is 0. The van der Waals surface area contributed by atoms with Gasteiger partial charge >= 0.3 is 6.18 Å². The SMILES string of the molecule is CC(C)(C)CN(CC(F)F)[C@H](CN)C(=O)Nc1ccc(N2CCOCC2=O)c(C(F)(F)F)c1. The van der Waals surface area contributed by atoms with Crippen LogP contribution in [0.5, 0.6) is 0 Å². The summed E-state index contributed by atoms with van der Waals surface area (Å²) in [6.07, 6.45) is -7.54. The fourth-order valence-corrected chi connectivity index (χ4v) is 3.58. The van der Waals surface area contributed by atoms with E-state index in [2.05, 4.69) is 5.32 Å². The number of rotatable bonds is 8. The molecule has 0 saturated carbocycles. The van der Waals surface area contributed by atoms with E-state index in [1.807, 2.05) is 0 Å². The lowest BCUT2D eigenvalue weighted by atomic mass is 9.95. The van der Waals surface area contributed by atoms with Gasteiger partial charge in [0.2, 0.25) is 5.91 Å². The number of hydrogen-bond acceptors (Lipinski definition) is 5. The van der Waals surface area contributed by atoms with Crippen molar-refractivity contribution in [2.24, 2.45) is 11.1 Å². The minimum Gasteiger partial charge on any atom is -0.370 e. The van der Waals surface area contributed by atoms with Gasteiger partial charge in [0, 0.05) is 25.3 Å². The summed E-state index contributed by atoms with van der Waals surface area (Å²) in [6, 6.07) is 1.85. The molecule has 1 aliphatic rings. The third-order valence-corrected chi connectivity index (χ3v) is 4.86. The highest BCUT2D eigenvalue weighted by atomic mass is 19.4. The summed E-state index contributed by atoms with van der Waals surface area (Å²) in [4.78, 5) is 27.0. The second-order valence-electron chi connectivity index (χ2n) is 8.95. The number of anilines is 2. The van der Waals surface area contributed by atoms with Gasteiger partial charge in [0.25, 0.3) is 12.3 Å². The second-order valence-corrected chi connectivity index (χ2v) is 8.95. The lowest BCUT2D eigenvalue weighted by molar-refractivity contribution is -0.137. The minimum atomic E-state index is -4.81. The number of benzene rings is 1. The first-order valence-electron chi connectivity index (χ1n) is 10.4. The van der Waals surface area contributed by atoms with Crippen LogP contribution in [0.3, 0.4) is 0 Å². The molecule has 1 atom stereocenters. The Balaban J connectivity index is 2.32. The molecule has 33 heavy (non-hydrogen) atoms. The predicted octanol–water partition coefficient (Wildman–Crippen LogP) is 2.95. The molecule has 0 bridgehead atoms. The Morgan fingerprint density at radius 1 is 1.27 bits per heavy atom. The molecule has 1 heterocycles. The van der Waals surface area contributed by atoms with E-state index in [1.165, 1.54) is 11.0 Å². The van der Waals surface area contributed by atoms with Crippen LogP contribution < -0.4 is 16.0 Å². The molecule has 1 saturated heterocycles. The van der Waals surface area contributed by atoms with Gasteiger partial charge < -0.3 is 20.7 Å². The van der Waals surface area contributed by atoms with E-state index in [4.69, 9.17) is 10.5 Å². The average molecular weight is 480 g/mol. The van der Waals surface area contributed by atoms with Gasteiger partial charge in [-0.25, -0.2) is 8.78 Å². The second kappa shape index (κ2) is 10.7. The summed E-state index contributed by atoms with van der Waals surface area (Å²) in [5.41, 5.74) is 3.59. The number of carbonyl (C=O) groups is 2.